The number of thioether (sulfide) groups is 1. The fourth-order valence-corrected chi connectivity index (χ4v) is 5.93. The molecule has 1 unspecified atom stereocenters. The average molecular weight is 469 g/mol. The van der Waals surface area contributed by atoms with Crippen LogP contribution in [-0.2, 0) is 10.0 Å². The number of amides is 1. The van der Waals surface area contributed by atoms with Gasteiger partial charge < -0.3 is 14.8 Å². The summed E-state index contributed by atoms with van der Waals surface area (Å²) in [6.07, 6.45) is 0.817. The van der Waals surface area contributed by atoms with Gasteiger partial charge in [0.2, 0.25) is 6.79 Å². The van der Waals surface area contributed by atoms with Crippen LogP contribution in [0.2, 0.25) is 0 Å². The van der Waals surface area contributed by atoms with Gasteiger partial charge in [0, 0.05) is 22.3 Å². The van der Waals surface area contributed by atoms with Crippen LogP contribution in [0.3, 0.4) is 0 Å². The summed E-state index contributed by atoms with van der Waals surface area (Å²) < 4.78 is 38.9. The van der Waals surface area contributed by atoms with Gasteiger partial charge >= 0.3 is 0 Å². The van der Waals surface area contributed by atoms with Crippen LogP contribution in [-0.4, -0.2) is 26.9 Å². The molecule has 2 aliphatic rings. The first-order valence-corrected chi connectivity index (χ1v) is 12.5. The van der Waals surface area contributed by atoms with Crippen molar-refractivity contribution in [3.8, 4) is 11.5 Å². The third-order valence-corrected chi connectivity index (χ3v) is 7.80. The molecule has 5 rings (SSSR count). The van der Waals surface area contributed by atoms with Crippen molar-refractivity contribution in [2.45, 2.75) is 22.3 Å². The quantitative estimate of drug-likeness (QED) is 0.583. The number of sulfonamides is 1. The summed E-state index contributed by atoms with van der Waals surface area (Å²) in [5.74, 6) is 1.64. The second kappa shape index (κ2) is 8.40. The topological polar surface area (TPSA) is 93.7 Å². The van der Waals surface area contributed by atoms with E-state index in [0.29, 0.717) is 17.2 Å². The predicted molar refractivity (Wildman–Crippen MR) is 122 cm³/mol. The van der Waals surface area contributed by atoms with Crippen molar-refractivity contribution in [1.29, 1.82) is 0 Å². The highest BCUT2D eigenvalue weighted by molar-refractivity contribution is 7.99. The molecule has 0 saturated carbocycles. The number of fused-ring (bicyclic) bond motifs is 2. The van der Waals surface area contributed by atoms with E-state index in [2.05, 4.69) is 10.0 Å². The molecule has 0 saturated heterocycles. The zero-order chi connectivity index (χ0) is 22.1. The molecule has 2 N–H and O–H groups in total. The summed E-state index contributed by atoms with van der Waals surface area (Å²) in [7, 11) is -3.90. The molecule has 164 valence electrons. The first kappa shape index (κ1) is 20.7. The molecule has 0 bridgehead atoms. The first-order valence-electron chi connectivity index (χ1n) is 10.0. The SMILES string of the molecule is O=C(NC1CCSc2ccccc21)c1cccc(S(=O)(=O)Nc2ccc3c(c2)OCO3)c1. The predicted octanol–water partition coefficient (Wildman–Crippen LogP) is 4.18. The summed E-state index contributed by atoms with van der Waals surface area (Å²) >= 11 is 1.77. The molecular formula is C23H20N2O5S2. The summed E-state index contributed by atoms with van der Waals surface area (Å²) in [5, 5.41) is 3.05. The van der Waals surface area contributed by atoms with Gasteiger partial charge in [0.05, 0.1) is 16.6 Å². The summed E-state index contributed by atoms with van der Waals surface area (Å²) in [6, 6.07) is 18.7. The number of hydrogen-bond acceptors (Lipinski definition) is 6. The highest BCUT2D eigenvalue weighted by Crippen LogP contribution is 2.36. The second-order valence-corrected chi connectivity index (χ2v) is 10.2. The monoisotopic (exact) mass is 468 g/mol. The van der Waals surface area contributed by atoms with Crippen LogP contribution in [0.15, 0.2) is 76.5 Å². The van der Waals surface area contributed by atoms with Crippen LogP contribution in [0.1, 0.15) is 28.4 Å². The van der Waals surface area contributed by atoms with Crippen LogP contribution in [0.5, 0.6) is 11.5 Å². The molecule has 0 radical (unpaired) electrons. The van der Waals surface area contributed by atoms with E-state index in [-0.39, 0.29) is 29.2 Å². The maximum atomic E-state index is 12.9. The zero-order valence-corrected chi connectivity index (χ0v) is 18.5. The minimum atomic E-state index is -3.90. The van der Waals surface area contributed by atoms with E-state index in [4.69, 9.17) is 9.47 Å². The summed E-state index contributed by atoms with van der Waals surface area (Å²) in [6.45, 7) is 0.104. The molecule has 32 heavy (non-hydrogen) atoms. The first-order chi connectivity index (χ1) is 15.5. The second-order valence-electron chi connectivity index (χ2n) is 7.40. The lowest BCUT2D eigenvalue weighted by molar-refractivity contribution is 0.0934. The van der Waals surface area contributed by atoms with E-state index in [1.165, 1.54) is 12.1 Å². The third-order valence-electron chi connectivity index (χ3n) is 5.30. The van der Waals surface area contributed by atoms with E-state index >= 15 is 0 Å². The van der Waals surface area contributed by atoms with Crippen LogP contribution < -0.4 is 19.5 Å². The lowest BCUT2D eigenvalue weighted by Crippen LogP contribution is -2.30. The third kappa shape index (κ3) is 4.13. The van der Waals surface area contributed by atoms with Gasteiger partial charge in [0.25, 0.3) is 15.9 Å². The zero-order valence-electron chi connectivity index (χ0n) is 16.9. The Morgan fingerprint density at radius 1 is 0.969 bits per heavy atom. The van der Waals surface area contributed by atoms with Gasteiger partial charge in [0.1, 0.15) is 0 Å². The Morgan fingerprint density at radius 2 is 1.81 bits per heavy atom. The fourth-order valence-electron chi connectivity index (χ4n) is 3.71. The molecule has 0 aliphatic carbocycles. The molecule has 3 aromatic rings. The Hall–Kier alpha value is -3.17. The van der Waals surface area contributed by atoms with Crippen molar-refractivity contribution in [2.24, 2.45) is 0 Å². The smallest absolute Gasteiger partial charge is 0.261 e. The number of ether oxygens (including phenoxy) is 2. The van der Waals surface area contributed by atoms with Gasteiger partial charge in [-0.3, -0.25) is 9.52 Å². The normalized spacial score (nSPS) is 16.8. The molecule has 7 nitrogen and oxygen atoms in total. The van der Waals surface area contributed by atoms with Crippen LogP contribution in [0, 0.1) is 0 Å². The number of carbonyl (C=O) groups is 1. The van der Waals surface area contributed by atoms with Crippen molar-refractivity contribution < 1.29 is 22.7 Å². The highest BCUT2D eigenvalue weighted by Gasteiger charge is 2.24. The van der Waals surface area contributed by atoms with Crippen LogP contribution in [0.25, 0.3) is 0 Å². The lowest BCUT2D eigenvalue weighted by Gasteiger charge is -2.26. The summed E-state index contributed by atoms with van der Waals surface area (Å²) in [4.78, 5) is 14.1. The number of carbonyl (C=O) groups excluding carboxylic acids is 1. The minimum absolute atomic E-state index is 0.00224. The van der Waals surface area contributed by atoms with Crippen molar-refractivity contribution >= 4 is 33.4 Å². The average Bonchev–Trinajstić information content (AvgIpc) is 3.27. The van der Waals surface area contributed by atoms with Crippen LogP contribution >= 0.6 is 11.8 Å². The fraction of sp³-hybridized carbons (Fsp3) is 0.174. The number of benzene rings is 3. The summed E-state index contributed by atoms with van der Waals surface area (Å²) in [5.41, 5.74) is 1.72. The molecule has 1 atom stereocenters. The van der Waals surface area contributed by atoms with E-state index in [1.807, 2.05) is 24.3 Å². The molecule has 3 aromatic carbocycles. The maximum Gasteiger partial charge on any atom is 0.261 e. The molecule has 0 spiro atoms. The Bertz CT molecular complexity index is 1290. The Morgan fingerprint density at radius 3 is 2.72 bits per heavy atom. The van der Waals surface area contributed by atoms with E-state index < -0.39 is 10.0 Å². The molecule has 9 heteroatoms. The molecule has 2 aliphatic heterocycles. The van der Waals surface area contributed by atoms with E-state index in [9.17, 15) is 13.2 Å². The molecular weight excluding hydrogens is 448 g/mol. The highest BCUT2D eigenvalue weighted by atomic mass is 32.2. The standard InChI is InChI=1S/C23H20N2O5S2/c26-23(24-19-10-11-31-22-7-2-1-6-18(19)22)15-4-3-5-17(12-15)32(27,28)25-16-8-9-20-21(13-16)30-14-29-20/h1-9,12-13,19,25H,10-11,14H2,(H,24,26). The van der Waals surface area contributed by atoms with Crippen molar-refractivity contribution in [2.75, 3.05) is 17.3 Å². The molecule has 1 amide bonds. The minimum Gasteiger partial charge on any atom is -0.454 e. The van der Waals surface area contributed by atoms with Gasteiger partial charge in [-0.05, 0) is 48.4 Å². The maximum absolute atomic E-state index is 12.9. The Kier molecular flexibility index (Phi) is 5.44. The Labute approximate surface area is 190 Å². The molecule has 0 aromatic heterocycles. The van der Waals surface area contributed by atoms with Crippen molar-refractivity contribution in [3.05, 3.63) is 77.9 Å². The van der Waals surface area contributed by atoms with Crippen molar-refractivity contribution in [1.82, 2.24) is 5.32 Å². The number of nitrogens with one attached hydrogen (secondary N) is 2. The van der Waals surface area contributed by atoms with Crippen molar-refractivity contribution in [3.63, 3.8) is 0 Å². The number of hydrogen-bond donors (Lipinski definition) is 2. The number of rotatable bonds is 5. The number of anilines is 1. The molecule has 2 heterocycles. The van der Waals surface area contributed by atoms with Gasteiger partial charge in [0.15, 0.2) is 11.5 Å². The van der Waals surface area contributed by atoms with Gasteiger partial charge in [-0.1, -0.05) is 24.3 Å². The van der Waals surface area contributed by atoms with Gasteiger partial charge in [-0.25, -0.2) is 8.42 Å². The van der Waals surface area contributed by atoms with E-state index in [1.54, 1.807) is 42.1 Å². The molecule has 0 fully saturated rings. The van der Waals surface area contributed by atoms with E-state index in [0.717, 1.165) is 22.6 Å². The Balaban J connectivity index is 1.34. The largest absolute Gasteiger partial charge is 0.454 e. The van der Waals surface area contributed by atoms with Gasteiger partial charge in [-0.15, -0.1) is 11.8 Å². The van der Waals surface area contributed by atoms with Crippen LogP contribution in [0.4, 0.5) is 5.69 Å². The van der Waals surface area contributed by atoms with Gasteiger partial charge in [-0.2, -0.15) is 0 Å². The lowest BCUT2D eigenvalue weighted by atomic mass is 10.0.